The quantitative estimate of drug-likeness (QED) is 0.627. The van der Waals surface area contributed by atoms with E-state index in [1.165, 1.54) is 10.4 Å². The molecule has 32 heavy (non-hydrogen) atoms. The molecule has 3 aromatic rings. The number of hydrogen-bond donors (Lipinski definition) is 1. The van der Waals surface area contributed by atoms with E-state index in [9.17, 15) is 4.79 Å². The van der Waals surface area contributed by atoms with Gasteiger partial charge in [-0.2, -0.15) is 15.5 Å². The van der Waals surface area contributed by atoms with Crippen LogP contribution in [-0.4, -0.2) is 50.5 Å². The van der Waals surface area contributed by atoms with Crippen LogP contribution in [0.2, 0.25) is 0 Å². The van der Waals surface area contributed by atoms with Gasteiger partial charge in [0.1, 0.15) is 12.7 Å². The Morgan fingerprint density at radius 1 is 1.31 bits per heavy atom. The number of benzene rings is 1. The Morgan fingerprint density at radius 2 is 2.19 bits per heavy atom. The molecule has 2 aromatic heterocycles. The van der Waals surface area contributed by atoms with Crippen LogP contribution in [0.25, 0.3) is 5.82 Å². The van der Waals surface area contributed by atoms with Crippen molar-refractivity contribution in [3.05, 3.63) is 69.7 Å². The van der Waals surface area contributed by atoms with Gasteiger partial charge in [-0.15, -0.1) is 4.80 Å². The Balaban J connectivity index is 1.30. The zero-order valence-electron chi connectivity index (χ0n) is 18.0. The number of pyridine rings is 1. The lowest BCUT2D eigenvalue weighted by molar-refractivity contribution is 0.0535. The molecule has 0 radical (unpaired) electrons. The number of cyclic esters (lactones) is 1. The number of piperazine rings is 1. The van der Waals surface area contributed by atoms with E-state index in [1.807, 2.05) is 25.1 Å². The first kappa shape index (κ1) is 20.3. The van der Waals surface area contributed by atoms with Gasteiger partial charge in [0.25, 0.3) is 0 Å². The zero-order valence-corrected chi connectivity index (χ0v) is 18.0. The van der Waals surface area contributed by atoms with Gasteiger partial charge in [-0.05, 0) is 42.7 Å². The number of esters is 1. The van der Waals surface area contributed by atoms with Gasteiger partial charge in [-0.1, -0.05) is 6.07 Å². The standard InChI is InChI=1S/C23H23N7O2/c1-14-7-22(26-9-16(14)8-24)30-27-10-17(28-30)11-29-6-5-25-21(12-29)18-3-4-19-20(15(18)2)13-32-23(19)31/h3-4,7,9-10,21,25H,5-6,11-13H2,1-2H3. The highest BCUT2D eigenvalue weighted by molar-refractivity contribution is 5.94. The number of hydrogen-bond acceptors (Lipinski definition) is 8. The first-order valence-corrected chi connectivity index (χ1v) is 10.6. The minimum Gasteiger partial charge on any atom is -0.457 e. The van der Waals surface area contributed by atoms with Gasteiger partial charge < -0.3 is 10.1 Å². The molecule has 0 aliphatic carbocycles. The molecule has 4 heterocycles. The van der Waals surface area contributed by atoms with Gasteiger partial charge in [0.15, 0.2) is 5.82 Å². The summed E-state index contributed by atoms with van der Waals surface area (Å²) in [6, 6.07) is 8.02. The molecule has 1 saturated heterocycles. The average Bonchev–Trinajstić information content (AvgIpc) is 3.41. The Kier molecular flexibility index (Phi) is 5.17. The SMILES string of the molecule is Cc1cc(-n2ncc(CN3CCNC(c4ccc5c(c4C)COC5=O)C3)n2)ncc1C#N. The number of rotatable bonds is 4. The summed E-state index contributed by atoms with van der Waals surface area (Å²) in [6.45, 7) is 7.57. The smallest absolute Gasteiger partial charge is 0.338 e. The summed E-state index contributed by atoms with van der Waals surface area (Å²) in [5.74, 6) is 0.361. The molecule has 1 aromatic carbocycles. The van der Waals surface area contributed by atoms with E-state index in [4.69, 9.17) is 10.00 Å². The molecule has 2 aliphatic rings. The summed E-state index contributed by atoms with van der Waals surface area (Å²) in [7, 11) is 0. The molecular formula is C23H23N7O2. The van der Waals surface area contributed by atoms with Crippen LogP contribution in [0.15, 0.2) is 30.6 Å². The number of nitrogens with one attached hydrogen (secondary N) is 1. The predicted molar refractivity (Wildman–Crippen MR) is 115 cm³/mol. The first-order valence-electron chi connectivity index (χ1n) is 10.6. The van der Waals surface area contributed by atoms with Crippen molar-refractivity contribution in [3.8, 4) is 11.9 Å². The molecule has 9 heteroatoms. The van der Waals surface area contributed by atoms with E-state index < -0.39 is 0 Å². The third-order valence-corrected chi connectivity index (χ3v) is 6.19. The summed E-state index contributed by atoms with van der Waals surface area (Å²) in [5, 5.41) is 21.6. The molecule has 0 saturated carbocycles. The predicted octanol–water partition coefficient (Wildman–Crippen LogP) is 1.97. The average molecular weight is 429 g/mol. The molecule has 1 atom stereocenters. The van der Waals surface area contributed by atoms with E-state index in [0.717, 1.165) is 42.0 Å². The van der Waals surface area contributed by atoms with Crippen molar-refractivity contribution in [2.45, 2.75) is 33.0 Å². The highest BCUT2D eigenvalue weighted by Gasteiger charge is 2.28. The third-order valence-electron chi connectivity index (χ3n) is 6.19. The van der Waals surface area contributed by atoms with Gasteiger partial charge in [0.05, 0.1) is 23.0 Å². The van der Waals surface area contributed by atoms with E-state index >= 15 is 0 Å². The van der Waals surface area contributed by atoms with Gasteiger partial charge in [0, 0.05) is 44.0 Å². The van der Waals surface area contributed by atoms with Gasteiger partial charge >= 0.3 is 5.97 Å². The third kappa shape index (κ3) is 3.64. The van der Waals surface area contributed by atoms with Crippen molar-refractivity contribution >= 4 is 5.97 Å². The lowest BCUT2D eigenvalue weighted by Crippen LogP contribution is -2.45. The van der Waals surface area contributed by atoms with Gasteiger partial charge in [-0.25, -0.2) is 9.78 Å². The number of aromatic nitrogens is 4. The van der Waals surface area contributed by atoms with Crippen LogP contribution in [0.4, 0.5) is 0 Å². The second kappa shape index (κ2) is 8.15. The van der Waals surface area contributed by atoms with E-state index in [0.29, 0.717) is 30.1 Å². The molecular weight excluding hydrogens is 406 g/mol. The number of nitrogens with zero attached hydrogens (tertiary/aromatic N) is 6. The normalized spacial score (nSPS) is 18.3. The maximum atomic E-state index is 11.8. The number of carbonyl (C=O) groups excluding carboxylic acids is 1. The lowest BCUT2D eigenvalue weighted by Gasteiger charge is -2.34. The van der Waals surface area contributed by atoms with Gasteiger partial charge in [-0.3, -0.25) is 4.90 Å². The summed E-state index contributed by atoms with van der Waals surface area (Å²) >= 11 is 0. The maximum absolute atomic E-state index is 11.8. The molecule has 2 aliphatic heterocycles. The molecule has 1 unspecified atom stereocenters. The Morgan fingerprint density at radius 3 is 3.00 bits per heavy atom. The topological polar surface area (TPSA) is 109 Å². The summed E-state index contributed by atoms with van der Waals surface area (Å²) in [5.41, 5.74) is 6.26. The van der Waals surface area contributed by atoms with Crippen molar-refractivity contribution in [1.29, 1.82) is 5.26 Å². The largest absolute Gasteiger partial charge is 0.457 e. The molecule has 162 valence electrons. The molecule has 9 nitrogen and oxygen atoms in total. The molecule has 0 amide bonds. The number of carbonyl (C=O) groups is 1. The van der Waals surface area contributed by atoms with Crippen LogP contribution in [-0.2, 0) is 17.9 Å². The second-order valence-corrected chi connectivity index (χ2v) is 8.22. The number of aryl methyl sites for hydroxylation is 1. The highest BCUT2D eigenvalue weighted by atomic mass is 16.5. The van der Waals surface area contributed by atoms with Crippen LogP contribution >= 0.6 is 0 Å². The summed E-state index contributed by atoms with van der Waals surface area (Å²) in [6.07, 6.45) is 3.31. The first-order chi connectivity index (χ1) is 15.5. The minimum absolute atomic E-state index is 0.169. The Labute approximate surface area is 185 Å². The van der Waals surface area contributed by atoms with Crippen molar-refractivity contribution < 1.29 is 9.53 Å². The molecule has 1 N–H and O–H groups in total. The second-order valence-electron chi connectivity index (χ2n) is 8.22. The minimum atomic E-state index is -0.233. The fraction of sp³-hybridized carbons (Fsp3) is 0.348. The fourth-order valence-corrected chi connectivity index (χ4v) is 4.38. The van der Waals surface area contributed by atoms with Crippen molar-refractivity contribution in [1.82, 2.24) is 30.2 Å². The van der Waals surface area contributed by atoms with Crippen LogP contribution in [0.5, 0.6) is 0 Å². The molecule has 0 spiro atoms. The number of nitriles is 1. The summed E-state index contributed by atoms with van der Waals surface area (Å²) < 4.78 is 5.20. The van der Waals surface area contributed by atoms with Crippen LogP contribution in [0.3, 0.4) is 0 Å². The number of ether oxygens (including phenoxy) is 1. The highest BCUT2D eigenvalue weighted by Crippen LogP contribution is 2.30. The van der Waals surface area contributed by atoms with E-state index in [2.05, 4.69) is 38.4 Å². The molecule has 5 rings (SSSR count). The summed E-state index contributed by atoms with van der Waals surface area (Å²) in [4.78, 5) is 20.0. The fourth-order valence-electron chi connectivity index (χ4n) is 4.38. The van der Waals surface area contributed by atoms with Gasteiger partial charge in [0.2, 0.25) is 0 Å². The van der Waals surface area contributed by atoms with Crippen molar-refractivity contribution in [3.63, 3.8) is 0 Å². The van der Waals surface area contributed by atoms with E-state index in [1.54, 1.807) is 12.4 Å². The van der Waals surface area contributed by atoms with Crippen LogP contribution in [0, 0.1) is 25.2 Å². The van der Waals surface area contributed by atoms with Crippen LogP contribution in [0.1, 0.15) is 49.9 Å². The Bertz CT molecular complexity index is 1240. The van der Waals surface area contributed by atoms with E-state index in [-0.39, 0.29) is 12.0 Å². The lowest BCUT2D eigenvalue weighted by atomic mass is 9.93. The monoisotopic (exact) mass is 429 g/mol. The zero-order chi connectivity index (χ0) is 22.2. The van der Waals surface area contributed by atoms with Crippen molar-refractivity contribution in [2.75, 3.05) is 19.6 Å². The van der Waals surface area contributed by atoms with Crippen LogP contribution < -0.4 is 5.32 Å². The number of fused-ring (bicyclic) bond motifs is 1. The molecule has 1 fully saturated rings. The Hall–Kier alpha value is -3.61. The maximum Gasteiger partial charge on any atom is 0.338 e. The van der Waals surface area contributed by atoms with Crippen molar-refractivity contribution in [2.24, 2.45) is 0 Å². The molecule has 0 bridgehead atoms.